The van der Waals surface area contributed by atoms with E-state index in [4.69, 9.17) is 5.73 Å². The Morgan fingerprint density at radius 1 is 1.00 bits per heavy atom. The van der Waals surface area contributed by atoms with Crippen LogP contribution in [-0.4, -0.2) is 15.0 Å². The smallest absolute Gasteiger partial charge is 0.264 e. The minimum Gasteiger partial charge on any atom is -0.398 e. The predicted molar refractivity (Wildman–Crippen MR) is 89.0 cm³/mol. The Kier molecular flexibility index (Phi) is 2.60. The van der Waals surface area contributed by atoms with Crippen molar-refractivity contribution >= 4 is 33.4 Å². The minimum atomic E-state index is -0.0481. The van der Waals surface area contributed by atoms with E-state index >= 15 is 0 Å². The maximum absolute atomic E-state index is 13.0. The lowest BCUT2D eigenvalue weighted by atomic mass is 10.1. The normalized spacial score (nSPS) is 11.3. The van der Waals surface area contributed by atoms with Crippen LogP contribution in [0.5, 0.6) is 0 Å². The maximum atomic E-state index is 13.0. The van der Waals surface area contributed by atoms with E-state index in [-0.39, 0.29) is 5.91 Å². The van der Waals surface area contributed by atoms with Crippen LogP contribution in [0.25, 0.3) is 21.8 Å². The molecule has 108 valence electrons. The average molecular weight is 289 g/mol. The number of nitrogen functional groups attached to an aromatic ring is 1. The molecule has 0 bridgehead atoms. The van der Waals surface area contributed by atoms with Gasteiger partial charge in [-0.05, 0) is 30.3 Å². The Hall–Kier alpha value is -3.01. The van der Waals surface area contributed by atoms with Crippen molar-refractivity contribution in [3.63, 3.8) is 0 Å². The number of aromatic nitrogens is 2. The highest BCUT2D eigenvalue weighted by Gasteiger charge is 2.16. The zero-order valence-corrected chi connectivity index (χ0v) is 12.2. The van der Waals surface area contributed by atoms with Crippen molar-refractivity contribution in [1.29, 1.82) is 0 Å². The molecule has 0 aliphatic heterocycles. The number of carbonyl (C=O) groups is 1. The van der Waals surface area contributed by atoms with E-state index in [0.29, 0.717) is 11.3 Å². The number of para-hydroxylation sites is 1. The Morgan fingerprint density at radius 2 is 1.82 bits per heavy atom. The Labute approximate surface area is 127 Å². The van der Waals surface area contributed by atoms with Crippen LogP contribution in [0, 0.1) is 0 Å². The minimum absolute atomic E-state index is 0.0481. The van der Waals surface area contributed by atoms with Gasteiger partial charge in [0.15, 0.2) is 0 Å². The van der Waals surface area contributed by atoms with Gasteiger partial charge in [0, 0.05) is 35.9 Å². The molecule has 0 saturated heterocycles. The first-order chi connectivity index (χ1) is 10.7. The molecular weight excluding hydrogens is 274 g/mol. The fraction of sp³-hybridized carbons (Fsp3) is 0.0556. The summed E-state index contributed by atoms with van der Waals surface area (Å²) >= 11 is 0. The van der Waals surface area contributed by atoms with E-state index in [2.05, 4.69) is 0 Å². The van der Waals surface area contributed by atoms with Gasteiger partial charge in [0.2, 0.25) is 0 Å². The average Bonchev–Trinajstić information content (AvgIpc) is 3.12. The Balaban J connectivity index is 1.96. The largest absolute Gasteiger partial charge is 0.398 e. The summed E-state index contributed by atoms with van der Waals surface area (Å²) in [6, 6.07) is 15.3. The van der Waals surface area contributed by atoms with Crippen molar-refractivity contribution in [2.75, 3.05) is 5.73 Å². The molecule has 2 aromatic heterocycles. The fourth-order valence-corrected chi connectivity index (χ4v) is 3.03. The van der Waals surface area contributed by atoms with Crippen LogP contribution < -0.4 is 5.73 Å². The molecule has 2 aromatic carbocycles. The van der Waals surface area contributed by atoms with Gasteiger partial charge in [-0.15, -0.1) is 0 Å². The number of hydrogen-bond donors (Lipinski definition) is 1. The van der Waals surface area contributed by atoms with Gasteiger partial charge in [0.05, 0.1) is 16.6 Å². The molecule has 0 aliphatic rings. The molecule has 0 amide bonds. The highest BCUT2D eigenvalue weighted by molar-refractivity contribution is 6.10. The number of anilines is 1. The lowest BCUT2D eigenvalue weighted by Gasteiger charge is -2.08. The molecule has 4 heteroatoms. The molecule has 22 heavy (non-hydrogen) atoms. The van der Waals surface area contributed by atoms with Gasteiger partial charge in [0.25, 0.3) is 5.91 Å². The lowest BCUT2D eigenvalue weighted by Crippen LogP contribution is -2.12. The molecule has 0 atom stereocenters. The molecule has 0 fully saturated rings. The van der Waals surface area contributed by atoms with Crippen molar-refractivity contribution < 1.29 is 4.79 Å². The zero-order chi connectivity index (χ0) is 15.3. The van der Waals surface area contributed by atoms with Crippen molar-refractivity contribution in [1.82, 2.24) is 9.13 Å². The summed E-state index contributed by atoms with van der Waals surface area (Å²) in [5.41, 5.74) is 9.12. The molecule has 4 rings (SSSR count). The Bertz CT molecular complexity index is 1020. The summed E-state index contributed by atoms with van der Waals surface area (Å²) in [6.07, 6.45) is 3.75. The van der Waals surface area contributed by atoms with Crippen LogP contribution in [0.4, 0.5) is 5.69 Å². The van der Waals surface area contributed by atoms with Crippen LogP contribution in [0.1, 0.15) is 10.4 Å². The van der Waals surface area contributed by atoms with E-state index in [0.717, 1.165) is 21.8 Å². The van der Waals surface area contributed by atoms with Crippen molar-refractivity contribution in [3.05, 3.63) is 66.5 Å². The summed E-state index contributed by atoms with van der Waals surface area (Å²) in [5, 5.41) is 1.96. The second kappa shape index (κ2) is 4.49. The summed E-state index contributed by atoms with van der Waals surface area (Å²) in [5.74, 6) is -0.0481. The summed E-state index contributed by atoms with van der Waals surface area (Å²) in [4.78, 5) is 13.0. The van der Waals surface area contributed by atoms with Crippen LogP contribution >= 0.6 is 0 Å². The van der Waals surface area contributed by atoms with Crippen LogP contribution in [0.3, 0.4) is 0 Å². The second-order valence-corrected chi connectivity index (χ2v) is 5.44. The maximum Gasteiger partial charge on any atom is 0.264 e. The van der Waals surface area contributed by atoms with Crippen molar-refractivity contribution in [2.24, 2.45) is 7.05 Å². The van der Waals surface area contributed by atoms with Crippen molar-refractivity contribution in [3.8, 4) is 0 Å². The molecule has 2 N–H and O–H groups in total. The molecule has 0 unspecified atom stereocenters. The van der Waals surface area contributed by atoms with E-state index in [9.17, 15) is 4.79 Å². The summed E-state index contributed by atoms with van der Waals surface area (Å²) in [6.45, 7) is 0. The van der Waals surface area contributed by atoms with Crippen LogP contribution in [0.2, 0.25) is 0 Å². The number of aryl methyl sites for hydroxylation is 1. The standard InChI is InChI=1S/C18H15N3O/c1-20-10-8-12-4-2-5-14(17(12)20)18(22)21-11-9-13-15(19)6-3-7-16(13)21/h2-11H,19H2,1H3. The van der Waals surface area contributed by atoms with Gasteiger partial charge in [-0.3, -0.25) is 9.36 Å². The van der Waals surface area contributed by atoms with Gasteiger partial charge in [-0.25, -0.2) is 0 Å². The lowest BCUT2D eigenvalue weighted by molar-refractivity contribution is 0.0966. The first-order valence-corrected chi connectivity index (χ1v) is 7.11. The number of carbonyl (C=O) groups excluding carboxylic acids is 1. The molecular formula is C18H15N3O. The second-order valence-electron chi connectivity index (χ2n) is 5.44. The molecule has 0 spiro atoms. The van der Waals surface area contributed by atoms with Gasteiger partial charge >= 0.3 is 0 Å². The topological polar surface area (TPSA) is 53.0 Å². The predicted octanol–water partition coefficient (Wildman–Crippen LogP) is 3.40. The third kappa shape index (κ3) is 1.67. The Morgan fingerprint density at radius 3 is 2.68 bits per heavy atom. The van der Waals surface area contributed by atoms with Gasteiger partial charge in [0.1, 0.15) is 0 Å². The number of hydrogen-bond acceptors (Lipinski definition) is 2. The van der Waals surface area contributed by atoms with E-state index < -0.39 is 0 Å². The van der Waals surface area contributed by atoms with E-state index in [1.807, 2.05) is 66.3 Å². The number of rotatable bonds is 1. The summed E-state index contributed by atoms with van der Waals surface area (Å²) < 4.78 is 3.64. The molecule has 4 nitrogen and oxygen atoms in total. The quantitative estimate of drug-likeness (QED) is 0.546. The molecule has 2 heterocycles. The SMILES string of the molecule is Cn1ccc2cccc(C(=O)n3ccc4c(N)cccc43)c21. The van der Waals surface area contributed by atoms with Crippen LogP contribution in [-0.2, 0) is 7.05 Å². The highest BCUT2D eigenvalue weighted by Crippen LogP contribution is 2.25. The third-order valence-corrected chi connectivity index (χ3v) is 4.11. The molecule has 4 aromatic rings. The zero-order valence-electron chi connectivity index (χ0n) is 12.2. The molecule has 0 aliphatic carbocycles. The summed E-state index contributed by atoms with van der Waals surface area (Å²) in [7, 11) is 1.95. The van der Waals surface area contributed by atoms with Crippen molar-refractivity contribution in [2.45, 2.75) is 0 Å². The highest BCUT2D eigenvalue weighted by atomic mass is 16.2. The number of fused-ring (bicyclic) bond motifs is 2. The van der Waals surface area contributed by atoms with Gasteiger partial charge < -0.3 is 10.3 Å². The first-order valence-electron chi connectivity index (χ1n) is 7.11. The molecule has 0 radical (unpaired) electrons. The van der Waals surface area contributed by atoms with Gasteiger partial charge in [-0.2, -0.15) is 0 Å². The fourth-order valence-electron chi connectivity index (χ4n) is 3.03. The monoisotopic (exact) mass is 289 g/mol. The van der Waals surface area contributed by atoms with Gasteiger partial charge in [-0.1, -0.05) is 18.2 Å². The third-order valence-electron chi connectivity index (χ3n) is 4.11. The molecule has 0 saturated carbocycles. The van der Waals surface area contributed by atoms with Crippen LogP contribution in [0.15, 0.2) is 60.9 Å². The first kappa shape index (κ1) is 12.7. The number of nitrogens with zero attached hydrogens (tertiary/aromatic N) is 2. The number of nitrogens with two attached hydrogens (primary N) is 1. The van der Waals surface area contributed by atoms with E-state index in [1.54, 1.807) is 10.8 Å². The number of benzene rings is 2. The van der Waals surface area contributed by atoms with E-state index in [1.165, 1.54) is 0 Å².